The molecule has 6 nitrogen and oxygen atoms in total. The quantitative estimate of drug-likeness (QED) is 0.501. The minimum atomic E-state index is -0.716. The van der Waals surface area contributed by atoms with Crippen LogP contribution in [0.2, 0.25) is 0 Å². The topological polar surface area (TPSA) is 74.1 Å². The molecule has 3 aromatic rings. The Labute approximate surface area is 211 Å². The fourth-order valence-corrected chi connectivity index (χ4v) is 5.16. The molecule has 0 saturated carbocycles. The third-order valence-corrected chi connectivity index (χ3v) is 7.09. The van der Waals surface area contributed by atoms with Crippen LogP contribution in [0.5, 0.6) is 0 Å². The second kappa shape index (κ2) is 10.0. The molecule has 0 spiro atoms. The minimum Gasteiger partial charge on any atom is -0.326 e. The molecule has 2 aliphatic rings. The fraction of sp³-hybridized carbons (Fsp3) is 0.185. The maximum atomic E-state index is 14.0. The number of nitrogens with zero attached hydrogens (tertiary/aromatic N) is 3. The van der Waals surface area contributed by atoms with Crippen LogP contribution >= 0.6 is 11.8 Å². The van der Waals surface area contributed by atoms with E-state index in [-0.39, 0.29) is 24.2 Å². The van der Waals surface area contributed by atoms with E-state index < -0.39 is 17.0 Å². The van der Waals surface area contributed by atoms with E-state index >= 15 is 0 Å². The Balaban J connectivity index is 1.35. The van der Waals surface area contributed by atoms with Gasteiger partial charge >= 0.3 is 0 Å². The predicted octanol–water partition coefficient (Wildman–Crippen LogP) is 5.45. The molecule has 36 heavy (non-hydrogen) atoms. The summed E-state index contributed by atoms with van der Waals surface area (Å²) in [5.74, 6) is -1.57. The Morgan fingerprint density at radius 3 is 2.53 bits per heavy atom. The van der Waals surface area contributed by atoms with Crippen molar-refractivity contribution in [1.82, 2.24) is 5.01 Å². The highest BCUT2D eigenvalue weighted by atomic mass is 32.2. The molecule has 0 fully saturated rings. The molecule has 0 radical (unpaired) electrons. The highest BCUT2D eigenvalue weighted by molar-refractivity contribution is 8.15. The number of carbonyl (C=O) groups excluding carboxylic acids is 2. The molecule has 2 aliphatic heterocycles. The second-order valence-electron chi connectivity index (χ2n) is 8.63. The van der Waals surface area contributed by atoms with Crippen LogP contribution in [0.4, 0.5) is 14.5 Å². The normalized spacial score (nSPS) is 19.3. The maximum absolute atomic E-state index is 14.0. The van der Waals surface area contributed by atoms with Gasteiger partial charge in [-0.25, -0.2) is 13.8 Å². The van der Waals surface area contributed by atoms with Crippen LogP contribution in [0.25, 0.3) is 0 Å². The summed E-state index contributed by atoms with van der Waals surface area (Å²) >= 11 is 1.16. The number of carbonyl (C=O) groups is 2. The van der Waals surface area contributed by atoms with Crippen LogP contribution in [-0.4, -0.2) is 33.0 Å². The first-order valence-corrected chi connectivity index (χ1v) is 12.3. The zero-order chi connectivity index (χ0) is 25.2. The molecule has 5 rings (SSSR count). The van der Waals surface area contributed by atoms with E-state index in [0.29, 0.717) is 22.8 Å². The number of hydrogen-bond donors (Lipinski definition) is 1. The number of aliphatic imine (C=N–C) groups is 1. The number of halogens is 2. The van der Waals surface area contributed by atoms with E-state index in [1.807, 2.05) is 37.3 Å². The highest BCUT2D eigenvalue weighted by Gasteiger charge is 2.39. The number of benzene rings is 3. The van der Waals surface area contributed by atoms with Crippen molar-refractivity contribution >= 4 is 40.1 Å². The van der Waals surface area contributed by atoms with Gasteiger partial charge in [-0.15, -0.1) is 0 Å². The summed E-state index contributed by atoms with van der Waals surface area (Å²) in [4.78, 5) is 29.4. The van der Waals surface area contributed by atoms with Crippen LogP contribution in [0.1, 0.15) is 35.6 Å². The Morgan fingerprint density at radius 1 is 1.06 bits per heavy atom. The summed E-state index contributed by atoms with van der Waals surface area (Å²) in [5, 5.41) is 8.75. The molecule has 2 atom stereocenters. The third-order valence-electron chi connectivity index (χ3n) is 5.95. The number of hydrogen-bond acceptors (Lipinski definition) is 5. The lowest BCUT2D eigenvalue weighted by atomic mass is 9.98. The van der Waals surface area contributed by atoms with E-state index in [2.05, 4.69) is 10.3 Å². The standard InChI is InChI=1S/C27H22F2N4O2S/c1-16-5-7-17(8-6-16)22-14-23(18-3-2-4-20(29)13-18)33(32-22)27-31-26(35)24(36-27)15-25(34)30-21-11-9-19(28)10-12-21/h2-13,23-24H,14-15H2,1H3,(H,30,34)/t23-,24+/m0/s1. The summed E-state index contributed by atoms with van der Waals surface area (Å²) < 4.78 is 27.2. The molecule has 182 valence electrons. The molecule has 0 bridgehead atoms. The second-order valence-corrected chi connectivity index (χ2v) is 9.80. The zero-order valence-electron chi connectivity index (χ0n) is 19.3. The fourth-order valence-electron chi connectivity index (χ4n) is 4.10. The first kappa shape index (κ1) is 23.9. The molecule has 1 N–H and O–H groups in total. The summed E-state index contributed by atoms with van der Waals surface area (Å²) in [6.45, 7) is 2.00. The average Bonchev–Trinajstić information content (AvgIpc) is 3.45. The van der Waals surface area contributed by atoms with Crippen LogP contribution in [-0.2, 0) is 9.59 Å². The van der Waals surface area contributed by atoms with Crippen molar-refractivity contribution in [2.24, 2.45) is 10.1 Å². The minimum absolute atomic E-state index is 0.0963. The van der Waals surface area contributed by atoms with E-state index in [0.717, 1.165) is 28.6 Å². The number of thioether (sulfide) groups is 1. The molecule has 0 aromatic heterocycles. The predicted molar refractivity (Wildman–Crippen MR) is 137 cm³/mol. The van der Waals surface area contributed by atoms with Gasteiger partial charge in [-0.3, -0.25) is 9.59 Å². The number of amidine groups is 1. The van der Waals surface area contributed by atoms with Crippen molar-refractivity contribution in [2.75, 3.05) is 5.32 Å². The van der Waals surface area contributed by atoms with Crippen molar-refractivity contribution in [3.63, 3.8) is 0 Å². The van der Waals surface area contributed by atoms with Gasteiger partial charge in [0.15, 0.2) is 5.17 Å². The van der Waals surface area contributed by atoms with Crippen molar-refractivity contribution in [2.45, 2.75) is 31.1 Å². The first-order chi connectivity index (χ1) is 17.4. The Kier molecular flexibility index (Phi) is 6.65. The molecular formula is C27H22F2N4O2S. The van der Waals surface area contributed by atoms with Gasteiger partial charge in [0.2, 0.25) is 5.91 Å². The number of aryl methyl sites for hydroxylation is 1. The van der Waals surface area contributed by atoms with Gasteiger partial charge in [0.05, 0.1) is 11.8 Å². The van der Waals surface area contributed by atoms with Crippen molar-refractivity contribution < 1.29 is 18.4 Å². The van der Waals surface area contributed by atoms with Crippen LogP contribution < -0.4 is 5.32 Å². The first-order valence-electron chi connectivity index (χ1n) is 11.4. The van der Waals surface area contributed by atoms with Crippen LogP contribution in [0, 0.1) is 18.6 Å². The molecule has 0 unspecified atom stereocenters. The van der Waals surface area contributed by atoms with E-state index in [1.54, 1.807) is 11.1 Å². The summed E-state index contributed by atoms with van der Waals surface area (Å²) in [6.07, 6.45) is 0.414. The summed E-state index contributed by atoms with van der Waals surface area (Å²) in [5.41, 5.74) is 4.02. The van der Waals surface area contributed by atoms with E-state index in [1.165, 1.54) is 36.4 Å². The van der Waals surface area contributed by atoms with Gasteiger partial charge in [-0.1, -0.05) is 53.7 Å². The molecule has 9 heteroatoms. The SMILES string of the molecule is Cc1ccc(C2=NN(C3=NC(=O)[C@@H](CC(=O)Nc4ccc(F)cc4)S3)[C@H](c3cccc(F)c3)C2)cc1. The summed E-state index contributed by atoms with van der Waals surface area (Å²) in [7, 11) is 0. The smallest absolute Gasteiger partial charge is 0.262 e. The van der Waals surface area contributed by atoms with Gasteiger partial charge in [0.25, 0.3) is 5.91 Å². The highest BCUT2D eigenvalue weighted by Crippen LogP contribution is 2.38. The Bertz CT molecular complexity index is 1370. The monoisotopic (exact) mass is 504 g/mol. The molecule has 2 amide bonds. The lowest BCUT2D eigenvalue weighted by molar-refractivity contribution is -0.121. The average molecular weight is 505 g/mol. The lowest BCUT2D eigenvalue weighted by Crippen LogP contribution is -2.25. The number of rotatable bonds is 5. The maximum Gasteiger partial charge on any atom is 0.262 e. The number of nitrogens with one attached hydrogen (secondary N) is 1. The van der Waals surface area contributed by atoms with Gasteiger partial charge < -0.3 is 5.32 Å². The van der Waals surface area contributed by atoms with Gasteiger partial charge in [0.1, 0.15) is 16.9 Å². The zero-order valence-corrected chi connectivity index (χ0v) is 20.1. The van der Waals surface area contributed by atoms with Gasteiger partial charge in [0, 0.05) is 18.5 Å². The van der Waals surface area contributed by atoms with Gasteiger partial charge in [-0.05, 0) is 54.4 Å². The van der Waals surface area contributed by atoms with Crippen LogP contribution in [0.15, 0.2) is 82.9 Å². The molecule has 2 heterocycles. The van der Waals surface area contributed by atoms with Crippen molar-refractivity contribution in [3.8, 4) is 0 Å². The molecular weight excluding hydrogens is 482 g/mol. The largest absolute Gasteiger partial charge is 0.326 e. The van der Waals surface area contributed by atoms with Gasteiger partial charge in [-0.2, -0.15) is 10.1 Å². The molecule has 0 aliphatic carbocycles. The lowest BCUT2D eigenvalue weighted by Gasteiger charge is -2.23. The van der Waals surface area contributed by atoms with Crippen molar-refractivity contribution in [3.05, 3.63) is 101 Å². The number of amides is 2. The summed E-state index contributed by atoms with van der Waals surface area (Å²) in [6, 6.07) is 19.3. The Hall–Kier alpha value is -3.85. The molecule has 0 saturated heterocycles. The van der Waals surface area contributed by atoms with E-state index in [9.17, 15) is 18.4 Å². The Morgan fingerprint density at radius 2 is 1.81 bits per heavy atom. The van der Waals surface area contributed by atoms with Crippen LogP contribution in [0.3, 0.4) is 0 Å². The number of anilines is 1. The number of hydrazone groups is 1. The molecule has 3 aromatic carbocycles. The van der Waals surface area contributed by atoms with E-state index in [4.69, 9.17) is 5.10 Å². The van der Waals surface area contributed by atoms with Crippen molar-refractivity contribution in [1.29, 1.82) is 0 Å². The third kappa shape index (κ3) is 5.21.